The van der Waals surface area contributed by atoms with Gasteiger partial charge < -0.3 is 9.84 Å². The fourth-order valence-corrected chi connectivity index (χ4v) is 2.42. The molecule has 0 atom stereocenters. The molecule has 0 spiro atoms. The molecule has 86 valence electrons. The van der Waals surface area contributed by atoms with E-state index in [2.05, 4.69) is 9.97 Å². The van der Waals surface area contributed by atoms with E-state index in [4.69, 9.17) is 21.4 Å². The number of thiophene rings is 1. The minimum Gasteiger partial charge on any atom is -0.477 e. The van der Waals surface area contributed by atoms with Gasteiger partial charge in [-0.05, 0) is 24.6 Å². The molecule has 2 aromatic heterocycles. The van der Waals surface area contributed by atoms with E-state index in [-0.39, 0.29) is 11.9 Å². The van der Waals surface area contributed by atoms with Crippen LogP contribution in [-0.2, 0) is 0 Å². The number of aryl methyl sites for hydroxylation is 1. The first kappa shape index (κ1) is 11.6. The molecule has 0 aliphatic heterocycles. The average Bonchev–Trinajstić information content (AvgIpc) is 2.58. The number of hydrogen-bond acceptors (Lipinski definition) is 5. The summed E-state index contributed by atoms with van der Waals surface area (Å²) < 4.78 is 5.46. The molecular formula is C10H11ClN2O2S. The monoisotopic (exact) mass is 258 g/mol. The van der Waals surface area contributed by atoms with Crippen LogP contribution in [0.5, 0.6) is 5.88 Å². The number of halogens is 1. The Kier molecular flexibility index (Phi) is 3.58. The van der Waals surface area contributed by atoms with Crippen LogP contribution in [0.3, 0.4) is 0 Å². The van der Waals surface area contributed by atoms with Crippen molar-refractivity contribution in [2.45, 2.75) is 13.3 Å². The summed E-state index contributed by atoms with van der Waals surface area (Å²) in [4.78, 5) is 10.1. The lowest BCUT2D eigenvalue weighted by Gasteiger charge is -2.04. The number of aromatic nitrogens is 2. The molecule has 2 rings (SSSR count). The molecule has 0 saturated heterocycles. The first-order valence-electron chi connectivity index (χ1n) is 4.88. The molecule has 0 unspecified atom stereocenters. The molecule has 0 aliphatic rings. The quantitative estimate of drug-likeness (QED) is 0.676. The Bertz CT molecular complexity index is 501. The molecule has 16 heavy (non-hydrogen) atoms. The first-order chi connectivity index (χ1) is 7.70. The third kappa shape index (κ3) is 2.42. The van der Waals surface area contributed by atoms with Gasteiger partial charge in [-0.3, -0.25) is 0 Å². The van der Waals surface area contributed by atoms with Crippen molar-refractivity contribution in [2.24, 2.45) is 0 Å². The van der Waals surface area contributed by atoms with Crippen LogP contribution in [-0.4, -0.2) is 28.3 Å². The molecule has 0 amide bonds. The van der Waals surface area contributed by atoms with Crippen molar-refractivity contribution in [1.29, 1.82) is 0 Å². The number of aliphatic hydroxyl groups excluding tert-OH is 1. The van der Waals surface area contributed by atoms with E-state index in [1.54, 1.807) is 11.3 Å². The Morgan fingerprint density at radius 3 is 3.06 bits per heavy atom. The van der Waals surface area contributed by atoms with Crippen molar-refractivity contribution >= 4 is 33.2 Å². The summed E-state index contributed by atoms with van der Waals surface area (Å²) in [5.41, 5.74) is 0. The van der Waals surface area contributed by atoms with Gasteiger partial charge in [-0.15, -0.1) is 11.3 Å². The van der Waals surface area contributed by atoms with E-state index in [1.807, 2.05) is 13.0 Å². The minimum absolute atomic E-state index is 0.102. The van der Waals surface area contributed by atoms with E-state index in [1.165, 1.54) is 0 Å². The first-order valence-corrected chi connectivity index (χ1v) is 6.07. The van der Waals surface area contributed by atoms with Crippen LogP contribution in [0.4, 0.5) is 0 Å². The van der Waals surface area contributed by atoms with Gasteiger partial charge in [-0.1, -0.05) is 0 Å². The Balaban J connectivity index is 2.34. The van der Waals surface area contributed by atoms with E-state index >= 15 is 0 Å². The summed E-state index contributed by atoms with van der Waals surface area (Å²) >= 11 is 7.36. The van der Waals surface area contributed by atoms with Crippen molar-refractivity contribution in [3.05, 3.63) is 16.2 Å². The second-order valence-electron chi connectivity index (χ2n) is 3.30. The molecule has 2 heterocycles. The number of hydrogen-bond donors (Lipinski definition) is 1. The van der Waals surface area contributed by atoms with E-state index in [0.717, 1.165) is 15.1 Å². The molecular weight excluding hydrogens is 248 g/mol. The predicted molar refractivity (Wildman–Crippen MR) is 64.4 cm³/mol. The van der Waals surface area contributed by atoms with Crippen molar-refractivity contribution in [1.82, 2.24) is 9.97 Å². The second-order valence-corrected chi connectivity index (χ2v) is 4.87. The number of rotatable bonds is 4. The Labute approximate surface area is 102 Å². The SMILES string of the molecule is Cc1cc2c(OCCCO)nc(Cl)nc2s1. The Morgan fingerprint density at radius 1 is 1.50 bits per heavy atom. The summed E-state index contributed by atoms with van der Waals surface area (Å²) in [6, 6.07) is 1.98. The summed E-state index contributed by atoms with van der Waals surface area (Å²) in [7, 11) is 0. The van der Waals surface area contributed by atoms with E-state index in [0.29, 0.717) is 18.9 Å². The number of ether oxygens (including phenoxy) is 1. The van der Waals surface area contributed by atoms with E-state index < -0.39 is 0 Å². The maximum Gasteiger partial charge on any atom is 0.227 e. The van der Waals surface area contributed by atoms with Gasteiger partial charge in [0.1, 0.15) is 4.83 Å². The van der Waals surface area contributed by atoms with Gasteiger partial charge in [-0.25, -0.2) is 4.98 Å². The van der Waals surface area contributed by atoms with Gasteiger partial charge in [0, 0.05) is 17.9 Å². The number of fused-ring (bicyclic) bond motifs is 1. The molecule has 2 aromatic rings. The van der Waals surface area contributed by atoms with Crippen LogP contribution in [0.1, 0.15) is 11.3 Å². The fourth-order valence-electron chi connectivity index (χ4n) is 1.33. The van der Waals surface area contributed by atoms with Gasteiger partial charge >= 0.3 is 0 Å². The highest BCUT2D eigenvalue weighted by Crippen LogP contribution is 2.30. The van der Waals surface area contributed by atoms with Crippen molar-refractivity contribution in [3.63, 3.8) is 0 Å². The summed E-state index contributed by atoms with van der Waals surface area (Å²) in [6.45, 7) is 2.52. The predicted octanol–water partition coefficient (Wildman–Crippen LogP) is 2.41. The van der Waals surface area contributed by atoms with Crippen LogP contribution in [0, 0.1) is 6.92 Å². The Morgan fingerprint density at radius 2 is 2.31 bits per heavy atom. The van der Waals surface area contributed by atoms with Crippen LogP contribution in [0.15, 0.2) is 6.07 Å². The molecule has 0 aliphatic carbocycles. The van der Waals surface area contributed by atoms with Gasteiger partial charge in [0.25, 0.3) is 0 Å². The van der Waals surface area contributed by atoms with Crippen molar-refractivity contribution in [2.75, 3.05) is 13.2 Å². The van der Waals surface area contributed by atoms with Crippen molar-refractivity contribution < 1.29 is 9.84 Å². The van der Waals surface area contributed by atoms with Crippen LogP contribution in [0.25, 0.3) is 10.2 Å². The maximum atomic E-state index is 8.68. The highest BCUT2D eigenvalue weighted by Gasteiger charge is 2.10. The Hall–Kier alpha value is -0.910. The smallest absolute Gasteiger partial charge is 0.227 e. The lowest BCUT2D eigenvalue weighted by Crippen LogP contribution is -2.02. The number of nitrogens with zero attached hydrogens (tertiary/aromatic N) is 2. The molecule has 4 nitrogen and oxygen atoms in total. The topological polar surface area (TPSA) is 55.2 Å². The highest BCUT2D eigenvalue weighted by atomic mass is 35.5. The van der Waals surface area contributed by atoms with Gasteiger partial charge in [0.15, 0.2) is 0 Å². The number of aliphatic hydroxyl groups is 1. The minimum atomic E-state index is 0.102. The average molecular weight is 259 g/mol. The van der Waals surface area contributed by atoms with Crippen LogP contribution >= 0.6 is 22.9 Å². The molecule has 0 fully saturated rings. The zero-order valence-corrected chi connectivity index (χ0v) is 10.3. The zero-order valence-electron chi connectivity index (χ0n) is 8.73. The highest BCUT2D eigenvalue weighted by molar-refractivity contribution is 7.18. The van der Waals surface area contributed by atoms with Gasteiger partial charge in [0.2, 0.25) is 11.2 Å². The van der Waals surface area contributed by atoms with Crippen LogP contribution in [0.2, 0.25) is 5.28 Å². The lowest BCUT2D eigenvalue weighted by atomic mass is 10.3. The summed E-state index contributed by atoms with van der Waals surface area (Å²) in [6.07, 6.45) is 0.576. The third-order valence-electron chi connectivity index (χ3n) is 1.99. The van der Waals surface area contributed by atoms with Crippen molar-refractivity contribution in [3.8, 4) is 5.88 Å². The second kappa shape index (κ2) is 4.95. The summed E-state index contributed by atoms with van der Waals surface area (Å²) in [5, 5.41) is 9.75. The molecule has 6 heteroatoms. The van der Waals surface area contributed by atoms with E-state index in [9.17, 15) is 0 Å². The van der Waals surface area contributed by atoms with Gasteiger partial charge in [-0.2, -0.15) is 4.98 Å². The molecule has 0 radical (unpaired) electrons. The maximum absolute atomic E-state index is 8.68. The van der Waals surface area contributed by atoms with Crippen LogP contribution < -0.4 is 4.74 Å². The molecule has 1 N–H and O–H groups in total. The molecule has 0 aromatic carbocycles. The summed E-state index contributed by atoms with van der Waals surface area (Å²) in [5.74, 6) is 0.493. The standard InChI is InChI=1S/C10H11ClN2O2S/c1-6-5-7-8(15-4-2-3-14)12-10(11)13-9(7)16-6/h5,14H,2-4H2,1H3. The largest absolute Gasteiger partial charge is 0.477 e. The molecule has 0 bridgehead atoms. The third-order valence-corrected chi connectivity index (χ3v) is 3.11. The molecule has 0 saturated carbocycles. The lowest BCUT2D eigenvalue weighted by molar-refractivity contribution is 0.231. The normalized spacial score (nSPS) is 10.9. The van der Waals surface area contributed by atoms with Gasteiger partial charge in [0.05, 0.1) is 12.0 Å². The zero-order chi connectivity index (χ0) is 11.5. The fraction of sp³-hybridized carbons (Fsp3) is 0.400.